The van der Waals surface area contributed by atoms with Crippen LogP contribution in [0.15, 0.2) is 6.07 Å². The average molecular weight is 203 g/mol. The molecule has 76 valence electrons. The minimum Gasteiger partial charge on any atom is -0.396 e. The second-order valence-electron chi connectivity index (χ2n) is 3.56. The van der Waals surface area contributed by atoms with Crippen LogP contribution in [0.5, 0.6) is 0 Å². The molecule has 0 fully saturated rings. The van der Waals surface area contributed by atoms with Gasteiger partial charge in [0.15, 0.2) is 0 Å². The number of aromatic amines is 1. The first kappa shape index (κ1) is 9.53. The molecule has 1 heterocycles. The molecule has 0 spiro atoms. The summed E-state index contributed by atoms with van der Waals surface area (Å²) in [6.45, 7) is 3.72. The Morgan fingerprint density at radius 3 is 2.73 bits per heavy atom. The van der Waals surface area contributed by atoms with Crippen LogP contribution >= 0.6 is 0 Å². The molecule has 1 aromatic carbocycles. The predicted octanol–water partition coefficient (Wildman–Crippen LogP) is 2.38. The third kappa shape index (κ3) is 1.17. The largest absolute Gasteiger partial charge is 0.396 e. The summed E-state index contributed by atoms with van der Waals surface area (Å²) in [5, 5.41) is 9.49. The Kier molecular flexibility index (Phi) is 1.90. The summed E-state index contributed by atoms with van der Waals surface area (Å²) in [5.41, 5.74) is 8.45. The molecule has 2 rings (SSSR count). The molecule has 0 aliphatic heterocycles. The summed E-state index contributed by atoms with van der Waals surface area (Å²) in [6.07, 6.45) is 0. The number of hydrogen-bond donors (Lipinski definition) is 2. The summed E-state index contributed by atoms with van der Waals surface area (Å²) >= 11 is 0. The van der Waals surface area contributed by atoms with Crippen LogP contribution in [0.4, 0.5) is 10.1 Å². The van der Waals surface area contributed by atoms with Crippen molar-refractivity contribution in [3.63, 3.8) is 0 Å². The van der Waals surface area contributed by atoms with Crippen LogP contribution in [0, 0.1) is 31.0 Å². The highest BCUT2D eigenvalue weighted by Gasteiger charge is 2.14. The average Bonchev–Trinajstić information content (AvgIpc) is 2.50. The minimum atomic E-state index is -0.541. The maximum absolute atomic E-state index is 13.4. The molecule has 15 heavy (non-hydrogen) atoms. The molecule has 0 atom stereocenters. The number of benzene rings is 1. The zero-order valence-corrected chi connectivity index (χ0v) is 8.48. The standard InChI is InChI=1S/C11H10FN3/c1-5-6(2)15-11-7(4-13)3-8(12)10(14)9(5)11/h3,15H,14H2,1-2H3. The van der Waals surface area contributed by atoms with E-state index in [4.69, 9.17) is 11.0 Å². The van der Waals surface area contributed by atoms with E-state index in [-0.39, 0.29) is 11.3 Å². The molecule has 0 radical (unpaired) electrons. The predicted molar refractivity (Wildman–Crippen MR) is 56.9 cm³/mol. The number of anilines is 1. The molecular formula is C11H10FN3. The molecule has 1 aromatic heterocycles. The molecule has 3 nitrogen and oxygen atoms in total. The van der Waals surface area contributed by atoms with Crippen LogP contribution < -0.4 is 5.73 Å². The van der Waals surface area contributed by atoms with E-state index in [0.717, 1.165) is 17.3 Å². The monoisotopic (exact) mass is 203 g/mol. The maximum atomic E-state index is 13.4. The Labute approximate surface area is 86.3 Å². The zero-order valence-electron chi connectivity index (χ0n) is 8.48. The van der Waals surface area contributed by atoms with Gasteiger partial charge in [-0.05, 0) is 25.5 Å². The van der Waals surface area contributed by atoms with Crippen molar-refractivity contribution in [2.75, 3.05) is 5.73 Å². The number of H-pyrrole nitrogens is 1. The van der Waals surface area contributed by atoms with Gasteiger partial charge in [-0.25, -0.2) is 4.39 Å². The first-order valence-corrected chi connectivity index (χ1v) is 4.53. The van der Waals surface area contributed by atoms with E-state index in [0.29, 0.717) is 10.9 Å². The van der Waals surface area contributed by atoms with Gasteiger partial charge in [-0.15, -0.1) is 0 Å². The van der Waals surface area contributed by atoms with Gasteiger partial charge in [-0.1, -0.05) is 0 Å². The lowest BCUT2D eigenvalue weighted by Gasteiger charge is -2.01. The van der Waals surface area contributed by atoms with Gasteiger partial charge < -0.3 is 10.7 Å². The van der Waals surface area contributed by atoms with Crippen molar-refractivity contribution in [3.8, 4) is 6.07 Å². The van der Waals surface area contributed by atoms with Crippen molar-refractivity contribution in [1.29, 1.82) is 5.26 Å². The minimum absolute atomic E-state index is 0.103. The van der Waals surface area contributed by atoms with E-state index in [2.05, 4.69) is 4.98 Å². The topological polar surface area (TPSA) is 65.6 Å². The number of rotatable bonds is 0. The number of nitrogen functional groups attached to an aromatic ring is 1. The Balaban J connectivity index is 3.05. The quantitative estimate of drug-likeness (QED) is 0.645. The van der Waals surface area contributed by atoms with E-state index in [9.17, 15) is 4.39 Å². The molecule has 0 aliphatic carbocycles. The van der Waals surface area contributed by atoms with Gasteiger partial charge in [0.2, 0.25) is 0 Å². The number of nitriles is 1. The van der Waals surface area contributed by atoms with E-state index in [1.54, 1.807) is 0 Å². The highest BCUT2D eigenvalue weighted by molar-refractivity contribution is 5.98. The van der Waals surface area contributed by atoms with Crippen molar-refractivity contribution in [2.45, 2.75) is 13.8 Å². The van der Waals surface area contributed by atoms with Crippen LogP contribution in [0.1, 0.15) is 16.8 Å². The number of hydrogen-bond acceptors (Lipinski definition) is 2. The van der Waals surface area contributed by atoms with Crippen molar-refractivity contribution >= 4 is 16.6 Å². The van der Waals surface area contributed by atoms with Crippen molar-refractivity contribution < 1.29 is 4.39 Å². The molecule has 0 aliphatic rings. The van der Waals surface area contributed by atoms with Gasteiger partial charge in [-0.3, -0.25) is 0 Å². The highest BCUT2D eigenvalue weighted by Crippen LogP contribution is 2.31. The molecule has 0 unspecified atom stereocenters. The molecule has 0 saturated carbocycles. The van der Waals surface area contributed by atoms with Crippen molar-refractivity contribution in [3.05, 3.63) is 28.7 Å². The van der Waals surface area contributed by atoms with Crippen LogP contribution in [0.25, 0.3) is 10.9 Å². The summed E-state index contributed by atoms with van der Waals surface area (Å²) in [5.74, 6) is -0.541. The Morgan fingerprint density at radius 1 is 1.47 bits per heavy atom. The van der Waals surface area contributed by atoms with E-state index in [1.807, 2.05) is 19.9 Å². The molecule has 4 heteroatoms. The first-order chi connectivity index (χ1) is 7.06. The second-order valence-corrected chi connectivity index (χ2v) is 3.56. The lowest BCUT2D eigenvalue weighted by molar-refractivity contribution is 0.633. The van der Waals surface area contributed by atoms with Gasteiger partial charge in [-0.2, -0.15) is 5.26 Å². The summed E-state index contributed by atoms with van der Waals surface area (Å²) in [4.78, 5) is 3.05. The second kappa shape index (κ2) is 2.99. The molecule has 0 bridgehead atoms. The SMILES string of the molecule is Cc1[nH]c2c(C#N)cc(F)c(N)c2c1C. The summed E-state index contributed by atoms with van der Waals surface area (Å²) < 4.78 is 13.4. The lowest BCUT2D eigenvalue weighted by Crippen LogP contribution is -1.94. The number of nitrogens with one attached hydrogen (secondary N) is 1. The summed E-state index contributed by atoms with van der Waals surface area (Å²) in [7, 11) is 0. The number of aromatic nitrogens is 1. The first-order valence-electron chi connectivity index (χ1n) is 4.53. The number of halogens is 1. The fourth-order valence-electron chi connectivity index (χ4n) is 1.74. The van der Waals surface area contributed by atoms with Crippen LogP contribution in [0.2, 0.25) is 0 Å². The van der Waals surface area contributed by atoms with Crippen LogP contribution in [0.3, 0.4) is 0 Å². The Morgan fingerprint density at radius 2 is 2.13 bits per heavy atom. The number of nitrogens with two attached hydrogens (primary N) is 1. The molecule has 0 amide bonds. The molecule has 3 N–H and O–H groups in total. The van der Waals surface area contributed by atoms with E-state index >= 15 is 0 Å². The maximum Gasteiger partial charge on any atom is 0.148 e. The van der Waals surface area contributed by atoms with E-state index in [1.165, 1.54) is 0 Å². The van der Waals surface area contributed by atoms with Gasteiger partial charge in [0.05, 0.1) is 16.8 Å². The Hall–Kier alpha value is -2.02. The fourth-order valence-corrected chi connectivity index (χ4v) is 1.74. The van der Waals surface area contributed by atoms with Crippen LogP contribution in [-0.4, -0.2) is 4.98 Å². The van der Waals surface area contributed by atoms with Crippen LogP contribution in [-0.2, 0) is 0 Å². The van der Waals surface area contributed by atoms with E-state index < -0.39 is 5.82 Å². The normalized spacial score (nSPS) is 10.5. The number of nitrogens with zero attached hydrogens (tertiary/aromatic N) is 1. The Bertz CT molecular complexity index is 590. The zero-order chi connectivity index (χ0) is 11.2. The third-order valence-corrected chi connectivity index (χ3v) is 2.69. The smallest absolute Gasteiger partial charge is 0.148 e. The third-order valence-electron chi connectivity index (χ3n) is 2.69. The molecular weight excluding hydrogens is 193 g/mol. The van der Waals surface area contributed by atoms with Gasteiger partial charge >= 0.3 is 0 Å². The lowest BCUT2D eigenvalue weighted by atomic mass is 10.1. The van der Waals surface area contributed by atoms with Crippen molar-refractivity contribution in [2.24, 2.45) is 0 Å². The highest BCUT2D eigenvalue weighted by atomic mass is 19.1. The number of fused-ring (bicyclic) bond motifs is 1. The molecule has 2 aromatic rings. The fraction of sp³-hybridized carbons (Fsp3) is 0.182. The number of aryl methyl sites for hydroxylation is 2. The van der Waals surface area contributed by atoms with Gasteiger partial charge in [0, 0.05) is 11.1 Å². The van der Waals surface area contributed by atoms with Gasteiger partial charge in [0.25, 0.3) is 0 Å². The molecule has 0 saturated heterocycles. The van der Waals surface area contributed by atoms with Crippen molar-refractivity contribution in [1.82, 2.24) is 4.98 Å². The van der Waals surface area contributed by atoms with Gasteiger partial charge in [0.1, 0.15) is 11.9 Å². The summed E-state index contributed by atoms with van der Waals surface area (Å²) in [6, 6.07) is 3.11.